The minimum atomic E-state index is -1.60. The number of hydrogen-bond donors (Lipinski definition) is 3. The lowest BCUT2D eigenvalue weighted by Gasteiger charge is -2.04. The van der Waals surface area contributed by atoms with Crippen LogP contribution in [0.4, 0.5) is 0 Å². The number of aliphatic carboxylic acids is 1. The standard InChI is InChI=1S/C9H12O4/c1-3-7(5-4-6(2)10)8(11)9(12)13/h3-5,8,10-11H,1H2,2H3,(H,12,13)/b6-4+,7-5+. The van der Waals surface area contributed by atoms with Gasteiger partial charge in [0.25, 0.3) is 0 Å². The lowest BCUT2D eigenvalue weighted by atomic mass is 10.1. The van der Waals surface area contributed by atoms with E-state index in [9.17, 15) is 4.79 Å². The van der Waals surface area contributed by atoms with Crippen molar-refractivity contribution in [3.05, 3.63) is 36.1 Å². The monoisotopic (exact) mass is 184 g/mol. The zero-order chi connectivity index (χ0) is 10.4. The maximum absolute atomic E-state index is 10.3. The highest BCUT2D eigenvalue weighted by Crippen LogP contribution is 2.04. The second-order valence-electron chi connectivity index (χ2n) is 2.42. The molecule has 1 unspecified atom stereocenters. The highest BCUT2D eigenvalue weighted by atomic mass is 16.4. The molecule has 13 heavy (non-hydrogen) atoms. The molecule has 0 aromatic heterocycles. The van der Waals surface area contributed by atoms with Crippen molar-refractivity contribution in [3.63, 3.8) is 0 Å². The van der Waals surface area contributed by atoms with Crippen molar-refractivity contribution in [2.24, 2.45) is 0 Å². The number of carboxylic acids is 1. The van der Waals surface area contributed by atoms with Crippen LogP contribution in [0.5, 0.6) is 0 Å². The van der Waals surface area contributed by atoms with Crippen LogP contribution < -0.4 is 0 Å². The average molecular weight is 184 g/mol. The van der Waals surface area contributed by atoms with Crippen LogP contribution in [-0.4, -0.2) is 27.4 Å². The molecular weight excluding hydrogens is 172 g/mol. The molecule has 4 nitrogen and oxygen atoms in total. The lowest BCUT2D eigenvalue weighted by Crippen LogP contribution is -2.20. The van der Waals surface area contributed by atoms with Gasteiger partial charge in [-0.15, -0.1) is 0 Å². The Hall–Kier alpha value is -1.55. The fourth-order valence-electron chi connectivity index (χ4n) is 0.630. The molecule has 0 heterocycles. The Labute approximate surface area is 76.1 Å². The van der Waals surface area contributed by atoms with Crippen molar-refractivity contribution in [1.29, 1.82) is 0 Å². The largest absolute Gasteiger partial charge is 0.513 e. The van der Waals surface area contributed by atoms with Gasteiger partial charge in [-0.1, -0.05) is 18.7 Å². The SMILES string of the molecule is C=C/C(=C\C=C(/C)O)C(O)C(=O)O. The zero-order valence-electron chi connectivity index (χ0n) is 7.27. The molecule has 0 saturated heterocycles. The molecule has 0 bridgehead atoms. The summed E-state index contributed by atoms with van der Waals surface area (Å²) in [5.41, 5.74) is 0.126. The summed E-state index contributed by atoms with van der Waals surface area (Å²) in [6.07, 6.45) is 2.19. The molecule has 0 aliphatic rings. The minimum Gasteiger partial charge on any atom is -0.513 e. The van der Waals surface area contributed by atoms with Gasteiger partial charge in [-0.3, -0.25) is 0 Å². The van der Waals surface area contributed by atoms with Gasteiger partial charge in [0.1, 0.15) is 0 Å². The Balaban J connectivity index is 4.69. The van der Waals surface area contributed by atoms with Gasteiger partial charge in [0.15, 0.2) is 6.10 Å². The summed E-state index contributed by atoms with van der Waals surface area (Å²) in [6, 6.07) is 0. The van der Waals surface area contributed by atoms with Gasteiger partial charge in [0, 0.05) is 0 Å². The number of allylic oxidation sites excluding steroid dienone is 3. The molecular formula is C9H12O4. The van der Waals surface area contributed by atoms with Gasteiger partial charge in [-0.05, 0) is 18.6 Å². The predicted molar refractivity (Wildman–Crippen MR) is 48.3 cm³/mol. The van der Waals surface area contributed by atoms with E-state index >= 15 is 0 Å². The maximum Gasteiger partial charge on any atom is 0.337 e. The van der Waals surface area contributed by atoms with Crippen molar-refractivity contribution in [2.75, 3.05) is 0 Å². The number of rotatable bonds is 4. The molecule has 4 heteroatoms. The van der Waals surface area contributed by atoms with Crippen LogP contribution in [0.25, 0.3) is 0 Å². The zero-order valence-corrected chi connectivity index (χ0v) is 7.27. The molecule has 1 atom stereocenters. The maximum atomic E-state index is 10.3. The molecule has 3 N–H and O–H groups in total. The first kappa shape index (κ1) is 11.4. The average Bonchev–Trinajstić information content (AvgIpc) is 2.04. The number of carbonyl (C=O) groups is 1. The molecule has 0 aliphatic heterocycles. The quantitative estimate of drug-likeness (QED) is 0.450. The highest BCUT2D eigenvalue weighted by Gasteiger charge is 2.15. The number of aliphatic hydroxyl groups is 2. The summed E-state index contributed by atoms with van der Waals surface area (Å²) in [7, 11) is 0. The minimum absolute atomic E-state index is 0.0249. The normalized spacial score (nSPS) is 15.2. The summed E-state index contributed by atoms with van der Waals surface area (Å²) in [5.74, 6) is -1.33. The van der Waals surface area contributed by atoms with Crippen molar-refractivity contribution in [1.82, 2.24) is 0 Å². The van der Waals surface area contributed by atoms with E-state index in [0.29, 0.717) is 0 Å². The van der Waals surface area contributed by atoms with Gasteiger partial charge in [0.2, 0.25) is 0 Å². The van der Waals surface area contributed by atoms with Gasteiger partial charge in [0.05, 0.1) is 5.76 Å². The summed E-state index contributed by atoms with van der Waals surface area (Å²) in [5, 5.41) is 26.2. The molecule has 0 amide bonds. The van der Waals surface area contributed by atoms with Gasteiger partial charge >= 0.3 is 5.97 Å². The molecule has 0 saturated carbocycles. The van der Waals surface area contributed by atoms with Crippen LogP contribution in [0, 0.1) is 0 Å². The molecule has 0 aliphatic carbocycles. The smallest absolute Gasteiger partial charge is 0.337 e. The number of aliphatic hydroxyl groups excluding tert-OH is 2. The third kappa shape index (κ3) is 4.12. The Bertz CT molecular complexity index is 259. The Morgan fingerprint density at radius 2 is 1.92 bits per heavy atom. The second kappa shape index (κ2) is 5.16. The molecule has 72 valence electrons. The van der Waals surface area contributed by atoms with Gasteiger partial charge in [-0.25, -0.2) is 4.79 Å². The highest BCUT2D eigenvalue weighted by molar-refractivity contribution is 5.76. The molecule has 0 radical (unpaired) electrons. The second-order valence-corrected chi connectivity index (χ2v) is 2.42. The number of carboxylic acid groups (broad SMARTS) is 1. The summed E-state index contributed by atoms with van der Waals surface area (Å²) in [6.45, 7) is 4.77. The first-order valence-electron chi connectivity index (χ1n) is 3.59. The van der Waals surface area contributed by atoms with E-state index in [4.69, 9.17) is 15.3 Å². The number of hydrogen-bond acceptors (Lipinski definition) is 3. The summed E-state index contributed by atoms with van der Waals surface area (Å²) < 4.78 is 0. The van der Waals surface area contributed by atoms with Crippen molar-refractivity contribution >= 4 is 5.97 Å². The van der Waals surface area contributed by atoms with Gasteiger partial charge < -0.3 is 15.3 Å². The van der Waals surface area contributed by atoms with Crippen molar-refractivity contribution in [2.45, 2.75) is 13.0 Å². The molecule has 0 spiro atoms. The molecule has 0 aromatic carbocycles. The molecule has 0 fully saturated rings. The Morgan fingerprint density at radius 1 is 1.38 bits per heavy atom. The fourth-order valence-corrected chi connectivity index (χ4v) is 0.630. The van der Waals surface area contributed by atoms with E-state index in [0.717, 1.165) is 0 Å². The Morgan fingerprint density at radius 3 is 2.23 bits per heavy atom. The van der Waals surface area contributed by atoms with Crippen LogP contribution >= 0.6 is 0 Å². The fraction of sp³-hybridized carbons (Fsp3) is 0.222. The summed E-state index contributed by atoms with van der Waals surface area (Å²) >= 11 is 0. The topological polar surface area (TPSA) is 77.8 Å². The van der Waals surface area contributed by atoms with E-state index in [1.807, 2.05) is 0 Å². The molecule has 0 rings (SSSR count). The first-order valence-corrected chi connectivity index (χ1v) is 3.59. The third-order valence-electron chi connectivity index (χ3n) is 1.30. The van der Waals surface area contributed by atoms with E-state index in [1.54, 1.807) is 0 Å². The van der Waals surface area contributed by atoms with E-state index in [2.05, 4.69) is 6.58 Å². The van der Waals surface area contributed by atoms with Crippen LogP contribution in [0.15, 0.2) is 36.1 Å². The Kier molecular flexibility index (Phi) is 4.54. The lowest BCUT2D eigenvalue weighted by molar-refractivity contribution is -0.144. The third-order valence-corrected chi connectivity index (χ3v) is 1.30. The van der Waals surface area contributed by atoms with Crippen LogP contribution in [0.3, 0.4) is 0 Å². The van der Waals surface area contributed by atoms with Crippen LogP contribution in [0.2, 0.25) is 0 Å². The predicted octanol–water partition coefficient (Wildman–Crippen LogP) is 1.01. The van der Waals surface area contributed by atoms with Crippen LogP contribution in [0.1, 0.15) is 6.92 Å². The van der Waals surface area contributed by atoms with Crippen molar-refractivity contribution in [3.8, 4) is 0 Å². The van der Waals surface area contributed by atoms with E-state index in [-0.39, 0.29) is 11.3 Å². The van der Waals surface area contributed by atoms with E-state index in [1.165, 1.54) is 25.2 Å². The van der Waals surface area contributed by atoms with Crippen molar-refractivity contribution < 1.29 is 20.1 Å². The van der Waals surface area contributed by atoms with E-state index < -0.39 is 12.1 Å². The van der Waals surface area contributed by atoms with Gasteiger partial charge in [-0.2, -0.15) is 0 Å². The first-order chi connectivity index (χ1) is 5.99. The summed E-state index contributed by atoms with van der Waals surface area (Å²) in [4.78, 5) is 10.3. The van der Waals surface area contributed by atoms with Crippen LogP contribution in [-0.2, 0) is 4.79 Å². The molecule has 0 aromatic rings.